The van der Waals surface area contributed by atoms with E-state index in [4.69, 9.17) is 9.97 Å². The van der Waals surface area contributed by atoms with Gasteiger partial charge in [-0.15, -0.1) is 0 Å². The molecule has 4 aliphatic rings. The Morgan fingerprint density at radius 2 is 2.00 bits per heavy atom. The smallest absolute Gasteiger partial charge is 0.227 e. The minimum absolute atomic E-state index is 0.371. The van der Waals surface area contributed by atoms with Crippen LogP contribution in [0.3, 0.4) is 0 Å². The largest absolute Gasteiger partial charge is 0.353 e. The molecule has 36 heavy (non-hydrogen) atoms. The molecule has 2 saturated heterocycles. The Morgan fingerprint density at radius 3 is 2.75 bits per heavy atom. The van der Waals surface area contributed by atoms with Gasteiger partial charge in [0.25, 0.3) is 0 Å². The quantitative estimate of drug-likeness (QED) is 0.483. The molecule has 1 unspecified atom stereocenters. The Morgan fingerprint density at radius 1 is 1.17 bits per heavy atom. The van der Waals surface area contributed by atoms with E-state index in [-0.39, 0.29) is 0 Å². The third kappa shape index (κ3) is 3.92. The normalized spacial score (nSPS) is 22.2. The van der Waals surface area contributed by atoms with Gasteiger partial charge in [0, 0.05) is 68.0 Å². The number of hydrogen-bond donors (Lipinski definition) is 1. The second kappa shape index (κ2) is 8.53. The van der Waals surface area contributed by atoms with Gasteiger partial charge in [0.05, 0.1) is 5.69 Å². The summed E-state index contributed by atoms with van der Waals surface area (Å²) in [5.74, 6) is 1.35. The summed E-state index contributed by atoms with van der Waals surface area (Å²) in [6, 6.07) is 9.03. The molecule has 5 heterocycles. The summed E-state index contributed by atoms with van der Waals surface area (Å²) < 4.78 is 16.7. The zero-order valence-corrected chi connectivity index (χ0v) is 21.7. The van der Waals surface area contributed by atoms with E-state index < -0.39 is 6.17 Å². The van der Waals surface area contributed by atoms with Crippen LogP contribution < -0.4 is 10.2 Å². The lowest BCUT2D eigenvalue weighted by molar-refractivity contribution is -0.0277. The van der Waals surface area contributed by atoms with Crippen molar-refractivity contribution in [2.75, 3.05) is 49.2 Å². The highest BCUT2D eigenvalue weighted by atomic mass is 32.2. The lowest BCUT2D eigenvalue weighted by atomic mass is 9.72. The van der Waals surface area contributed by atoms with Gasteiger partial charge in [0.2, 0.25) is 5.95 Å². The van der Waals surface area contributed by atoms with Crippen molar-refractivity contribution in [2.45, 2.75) is 44.9 Å². The van der Waals surface area contributed by atoms with E-state index in [9.17, 15) is 4.39 Å². The van der Waals surface area contributed by atoms with Crippen LogP contribution in [0.4, 0.5) is 21.8 Å². The predicted octanol–water partition coefficient (Wildman–Crippen LogP) is 4.72. The number of pyridine rings is 1. The van der Waals surface area contributed by atoms with Crippen LogP contribution in [0.15, 0.2) is 30.5 Å². The van der Waals surface area contributed by atoms with Crippen LogP contribution in [0.2, 0.25) is 0 Å². The molecule has 1 saturated carbocycles. The second-order valence-electron chi connectivity index (χ2n) is 11.0. The third-order valence-corrected chi connectivity index (χ3v) is 9.03. The molecule has 3 aliphatic heterocycles. The molecule has 2 aromatic heterocycles. The highest BCUT2D eigenvalue weighted by Crippen LogP contribution is 2.47. The number of aromatic nitrogens is 3. The molecule has 188 valence electrons. The van der Waals surface area contributed by atoms with Crippen molar-refractivity contribution in [2.24, 2.45) is 5.41 Å². The fraction of sp³-hybridized carbons (Fsp3) is 0.519. The molecule has 3 fully saturated rings. The van der Waals surface area contributed by atoms with Crippen LogP contribution in [0.5, 0.6) is 0 Å². The predicted molar refractivity (Wildman–Crippen MR) is 143 cm³/mol. The van der Waals surface area contributed by atoms with E-state index in [0.29, 0.717) is 17.1 Å². The monoisotopic (exact) mass is 505 g/mol. The molecule has 0 amide bonds. The molecule has 7 rings (SSSR count). The molecule has 0 bridgehead atoms. The maximum Gasteiger partial charge on any atom is 0.227 e. The van der Waals surface area contributed by atoms with Gasteiger partial charge in [-0.05, 0) is 55.7 Å². The van der Waals surface area contributed by atoms with E-state index in [1.165, 1.54) is 37.1 Å². The van der Waals surface area contributed by atoms with Gasteiger partial charge in [-0.25, -0.2) is 23.6 Å². The van der Waals surface area contributed by atoms with E-state index >= 15 is 0 Å². The molecule has 3 aromatic rings. The number of likely N-dealkylation sites (tertiary alicyclic amines) is 1. The van der Waals surface area contributed by atoms with Crippen LogP contribution in [-0.4, -0.2) is 69.2 Å². The lowest BCUT2D eigenvalue weighted by Crippen LogP contribution is -2.72. The minimum atomic E-state index is -1.13. The maximum absolute atomic E-state index is 14.3. The molecule has 9 heteroatoms. The highest BCUT2D eigenvalue weighted by molar-refractivity contribution is 7.96. The van der Waals surface area contributed by atoms with Crippen LogP contribution in [0.25, 0.3) is 10.9 Å². The number of fused-ring (bicyclic) bond motifs is 2. The average Bonchev–Trinajstić information content (AvgIpc) is 3.67. The number of rotatable bonds is 6. The van der Waals surface area contributed by atoms with Crippen LogP contribution in [-0.2, 0) is 13.0 Å². The zero-order valence-electron chi connectivity index (χ0n) is 20.9. The van der Waals surface area contributed by atoms with Gasteiger partial charge in [-0.2, -0.15) is 0 Å². The van der Waals surface area contributed by atoms with Gasteiger partial charge in [0.1, 0.15) is 11.7 Å². The zero-order chi connectivity index (χ0) is 24.4. The Balaban J connectivity index is 1.18. The first-order valence-electron chi connectivity index (χ1n) is 13.0. The standard InChI is InChI=1S/C27H32FN7S/c1-17(28)23-10-19-11-29-26(31-22-5-3-4-18-12-35(36-2)9-8-21(18)22)32-24(19)25(30-23)34-15-27(16-34)13-33(14-27)20-6-7-20/h3-5,10-11,17,20H,6-9,12-16H2,1-2H3,(H,29,31,32). The summed E-state index contributed by atoms with van der Waals surface area (Å²) >= 11 is 1.79. The third-order valence-electron chi connectivity index (χ3n) is 8.20. The van der Waals surface area contributed by atoms with Gasteiger partial charge in [-0.1, -0.05) is 24.1 Å². The first-order valence-corrected chi connectivity index (χ1v) is 14.2. The lowest BCUT2D eigenvalue weighted by Gasteiger charge is -2.61. The molecular weight excluding hydrogens is 473 g/mol. The fourth-order valence-electron chi connectivity index (χ4n) is 6.13. The van der Waals surface area contributed by atoms with Crippen molar-refractivity contribution in [1.82, 2.24) is 24.2 Å². The van der Waals surface area contributed by atoms with Crippen molar-refractivity contribution in [1.29, 1.82) is 0 Å². The molecule has 1 N–H and O–H groups in total. The average molecular weight is 506 g/mol. The van der Waals surface area contributed by atoms with Crippen molar-refractivity contribution in [3.05, 3.63) is 47.3 Å². The summed E-state index contributed by atoms with van der Waals surface area (Å²) in [6.45, 7) is 7.81. The van der Waals surface area contributed by atoms with Gasteiger partial charge >= 0.3 is 0 Å². The van der Waals surface area contributed by atoms with Crippen LogP contribution in [0, 0.1) is 5.41 Å². The first-order chi connectivity index (χ1) is 17.5. The number of hydrogen-bond acceptors (Lipinski definition) is 8. The number of nitrogens with one attached hydrogen (secondary N) is 1. The molecular formula is C27H32FN7S. The minimum Gasteiger partial charge on any atom is -0.353 e. The van der Waals surface area contributed by atoms with E-state index in [0.717, 1.165) is 61.0 Å². The summed E-state index contributed by atoms with van der Waals surface area (Å²) in [4.78, 5) is 19.2. The number of anilines is 3. The van der Waals surface area contributed by atoms with Gasteiger partial charge < -0.3 is 10.2 Å². The van der Waals surface area contributed by atoms with E-state index in [1.54, 1.807) is 31.1 Å². The maximum atomic E-state index is 14.3. The first kappa shape index (κ1) is 22.7. The van der Waals surface area contributed by atoms with Crippen molar-refractivity contribution in [3.8, 4) is 0 Å². The molecule has 1 spiro atoms. The number of nitrogens with zero attached hydrogens (tertiary/aromatic N) is 6. The number of benzene rings is 1. The van der Waals surface area contributed by atoms with Crippen LogP contribution >= 0.6 is 11.9 Å². The molecule has 1 aliphatic carbocycles. The van der Waals surface area contributed by atoms with Crippen LogP contribution in [0.1, 0.15) is 42.8 Å². The number of halogens is 1. The Labute approximate surface area is 215 Å². The van der Waals surface area contributed by atoms with Crippen molar-refractivity contribution < 1.29 is 4.39 Å². The van der Waals surface area contributed by atoms with E-state index in [1.807, 2.05) is 0 Å². The number of alkyl halides is 1. The summed E-state index contributed by atoms with van der Waals surface area (Å²) in [6.07, 6.45) is 6.51. The van der Waals surface area contributed by atoms with Crippen molar-refractivity contribution >= 4 is 40.3 Å². The second-order valence-corrected chi connectivity index (χ2v) is 11.9. The van der Waals surface area contributed by atoms with Gasteiger partial charge in [0.15, 0.2) is 5.82 Å². The molecule has 1 atom stereocenters. The Hall–Kier alpha value is -2.49. The van der Waals surface area contributed by atoms with E-state index in [2.05, 4.69) is 48.9 Å². The topological polar surface area (TPSA) is 60.4 Å². The summed E-state index contributed by atoms with van der Waals surface area (Å²) in [5.41, 5.74) is 5.36. The molecule has 7 nitrogen and oxygen atoms in total. The molecule has 0 radical (unpaired) electrons. The SMILES string of the molecule is CSN1CCc2c(cccc2Nc2ncc3cc(C(C)F)nc(N4CC5(C4)CN(C4CC4)C5)c3n2)C1. The Kier molecular flexibility index (Phi) is 5.38. The fourth-order valence-corrected chi connectivity index (χ4v) is 6.67. The molecule has 1 aromatic carbocycles. The Bertz CT molecular complexity index is 1310. The van der Waals surface area contributed by atoms with Gasteiger partial charge in [-0.3, -0.25) is 4.90 Å². The highest BCUT2D eigenvalue weighted by Gasteiger charge is 2.55. The van der Waals surface area contributed by atoms with Crippen molar-refractivity contribution in [3.63, 3.8) is 0 Å². The summed E-state index contributed by atoms with van der Waals surface area (Å²) in [5, 5.41) is 4.32. The summed E-state index contributed by atoms with van der Waals surface area (Å²) in [7, 11) is 0.